The van der Waals surface area contributed by atoms with Crippen LogP contribution in [-0.2, 0) is 4.79 Å². The van der Waals surface area contributed by atoms with Gasteiger partial charge in [0.25, 0.3) is 5.69 Å². The number of nitrogens with zero attached hydrogens (tertiary/aromatic N) is 2. The minimum absolute atomic E-state index is 0.0959. The van der Waals surface area contributed by atoms with Gasteiger partial charge in [-0.25, -0.2) is 0 Å². The second-order valence-corrected chi connectivity index (χ2v) is 4.42. The van der Waals surface area contributed by atoms with Crippen molar-refractivity contribution in [2.45, 2.75) is 19.8 Å². The molecule has 1 rings (SSSR count). The molecule has 0 bridgehead atoms. The predicted molar refractivity (Wildman–Crippen MR) is 73.9 cm³/mol. The smallest absolute Gasteiger partial charge is 0.294 e. The molecule has 1 atom stereocenters. The number of nitrogens with two attached hydrogens (primary N) is 1. The third-order valence-electron chi connectivity index (χ3n) is 2.87. The molecule has 0 heterocycles. The summed E-state index contributed by atoms with van der Waals surface area (Å²) in [5, 5.41) is 22.2. The molecule has 0 spiro atoms. The van der Waals surface area contributed by atoms with Crippen LogP contribution in [0.5, 0.6) is 0 Å². The first kappa shape index (κ1) is 15.6. The fraction of sp³-hybridized carbons (Fsp3) is 0.385. The molecule has 0 fully saturated rings. The van der Waals surface area contributed by atoms with E-state index in [1.54, 1.807) is 6.92 Å². The number of nitro benzene ring substituents is 1. The van der Waals surface area contributed by atoms with Crippen LogP contribution in [0.2, 0.25) is 0 Å². The molecule has 0 radical (unpaired) electrons. The van der Waals surface area contributed by atoms with Crippen LogP contribution in [0, 0.1) is 27.4 Å². The van der Waals surface area contributed by atoms with Gasteiger partial charge in [-0.15, -0.1) is 0 Å². The Hall–Kier alpha value is -2.46. The van der Waals surface area contributed by atoms with Crippen LogP contribution in [0.1, 0.15) is 25.3 Å². The van der Waals surface area contributed by atoms with E-state index < -0.39 is 4.92 Å². The fourth-order valence-corrected chi connectivity index (χ4v) is 1.67. The van der Waals surface area contributed by atoms with Gasteiger partial charge in [-0.1, -0.05) is 6.92 Å². The monoisotopic (exact) mass is 276 g/mol. The van der Waals surface area contributed by atoms with Gasteiger partial charge in [0.1, 0.15) is 5.69 Å². The lowest BCUT2D eigenvalue weighted by molar-refractivity contribution is -0.384. The van der Waals surface area contributed by atoms with E-state index in [0.29, 0.717) is 19.4 Å². The van der Waals surface area contributed by atoms with E-state index in [1.807, 2.05) is 6.07 Å². The van der Waals surface area contributed by atoms with Crippen LogP contribution in [-0.4, -0.2) is 17.4 Å². The van der Waals surface area contributed by atoms with E-state index in [0.717, 1.165) is 6.07 Å². The van der Waals surface area contributed by atoms with Crippen molar-refractivity contribution in [1.29, 1.82) is 5.26 Å². The Kier molecular flexibility index (Phi) is 5.62. The third-order valence-corrected chi connectivity index (χ3v) is 2.87. The Morgan fingerprint density at radius 3 is 2.85 bits per heavy atom. The molecule has 0 saturated carbocycles. The molecule has 0 aliphatic rings. The largest absolute Gasteiger partial charge is 0.330 e. The van der Waals surface area contributed by atoms with Gasteiger partial charge in [0.15, 0.2) is 0 Å². The average Bonchev–Trinajstić information content (AvgIpc) is 2.44. The van der Waals surface area contributed by atoms with E-state index in [4.69, 9.17) is 11.0 Å². The molecular formula is C13H16N4O3. The fourth-order valence-electron chi connectivity index (χ4n) is 1.67. The third kappa shape index (κ3) is 4.03. The summed E-state index contributed by atoms with van der Waals surface area (Å²) in [5.74, 6) is -0.583. The number of nitrogens with one attached hydrogen (secondary N) is 1. The zero-order valence-corrected chi connectivity index (χ0v) is 11.1. The van der Waals surface area contributed by atoms with Crippen LogP contribution >= 0.6 is 0 Å². The minimum atomic E-state index is -0.624. The number of hydrogen-bond donors (Lipinski definition) is 2. The Bertz CT molecular complexity index is 551. The molecule has 0 aliphatic carbocycles. The van der Waals surface area contributed by atoms with Crippen molar-refractivity contribution < 1.29 is 9.72 Å². The summed E-state index contributed by atoms with van der Waals surface area (Å²) < 4.78 is 0. The number of nitro groups is 1. The summed E-state index contributed by atoms with van der Waals surface area (Å²) >= 11 is 0. The first-order chi connectivity index (χ1) is 9.49. The minimum Gasteiger partial charge on any atom is -0.330 e. The number of anilines is 1. The van der Waals surface area contributed by atoms with E-state index in [1.165, 1.54) is 12.1 Å². The molecule has 0 aromatic heterocycles. The highest BCUT2D eigenvalue weighted by Gasteiger charge is 2.19. The second kappa shape index (κ2) is 7.21. The Morgan fingerprint density at radius 2 is 2.30 bits per heavy atom. The highest BCUT2D eigenvalue weighted by Crippen LogP contribution is 2.26. The highest BCUT2D eigenvalue weighted by molar-refractivity contribution is 5.94. The quantitative estimate of drug-likeness (QED) is 0.605. The summed E-state index contributed by atoms with van der Waals surface area (Å²) in [6.07, 6.45) is 1.33. The average molecular weight is 276 g/mol. The van der Waals surface area contributed by atoms with Crippen molar-refractivity contribution in [3.63, 3.8) is 0 Å². The first-order valence-corrected chi connectivity index (χ1v) is 6.19. The van der Waals surface area contributed by atoms with Crippen molar-refractivity contribution >= 4 is 17.3 Å². The Labute approximate surface area is 116 Å². The lowest BCUT2D eigenvalue weighted by atomic mass is 10.0. The molecule has 1 unspecified atom stereocenters. The molecule has 7 nitrogen and oxygen atoms in total. The number of rotatable bonds is 6. The normalized spacial score (nSPS) is 11.4. The molecule has 1 aromatic rings. The summed E-state index contributed by atoms with van der Waals surface area (Å²) in [4.78, 5) is 22.2. The maximum Gasteiger partial charge on any atom is 0.294 e. The number of amides is 1. The van der Waals surface area contributed by atoms with Crippen molar-refractivity contribution in [2.24, 2.45) is 11.7 Å². The summed E-state index contributed by atoms with van der Waals surface area (Å²) in [6, 6.07) is 5.75. The molecule has 1 amide bonds. The first-order valence-electron chi connectivity index (χ1n) is 6.19. The van der Waals surface area contributed by atoms with Gasteiger partial charge in [-0.2, -0.15) is 5.26 Å². The van der Waals surface area contributed by atoms with Crippen LogP contribution in [0.25, 0.3) is 0 Å². The molecule has 1 aromatic carbocycles. The zero-order valence-electron chi connectivity index (χ0n) is 11.1. The highest BCUT2D eigenvalue weighted by atomic mass is 16.6. The topological polar surface area (TPSA) is 122 Å². The lowest BCUT2D eigenvalue weighted by Gasteiger charge is -2.11. The van der Waals surface area contributed by atoms with E-state index in [2.05, 4.69) is 5.32 Å². The van der Waals surface area contributed by atoms with Gasteiger partial charge in [0, 0.05) is 12.0 Å². The van der Waals surface area contributed by atoms with Crippen LogP contribution in [0.4, 0.5) is 11.4 Å². The van der Waals surface area contributed by atoms with Gasteiger partial charge in [0.2, 0.25) is 5.91 Å². The molecule has 0 aliphatic heterocycles. The van der Waals surface area contributed by atoms with Crippen molar-refractivity contribution in [3.05, 3.63) is 33.9 Å². The molecule has 20 heavy (non-hydrogen) atoms. The van der Waals surface area contributed by atoms with Crippen molar-refractivity contribution in [3.8, 4) is 6.07 Å². The molecule has 7 heteroatoms. The molecule has 0 saturated heterocycles. The van der Waals surface area contributed by atoms with E-state index >= 15 is 0 Å². The number of nitriles is 1. The van der Waals surface area contributed by atoms with Crippen molar-refractivity contribution in [1.82, 2.24) is 0 Å². The number of carbonyl (C=O) groups is 1. The van der Waals surface area contributed by atoms with E-state index in [-0.39, 0.29) is 28.8 Å². The van der Waals surface area contributed by atoms with Gasteiger partial charge in [-0.05, 0) is 31.5 Å². The Balaban J connectivity index is 2.89. The van der Waals surface area contributed by atoms with E-state index in [9.17, 15) is 14.9 Å². The standard InChI is InChI=1S/C13H16N4O3/c1-9(3-2-6-14)13(18)16-11-5-4-10(8-15)7-12(11)17(19)20/h4-5,7,9H,2-3,6,14H2,1H3,(H,16,18). The van der Waals surface area contributed by atoms with Gasteiger partial charge < -0.3 is 11.1 Å². The van der Waals surface area contributed by atoms with Crippen LogP contribution < -0.4 is 11.1 Å². The number of hydrogen-bond acceptors (Lipinski definition) is 5. The molecule has 3 N–H and O–H groups in total. The number of carbonyl (C=O) groups excluding carboxylic acids is 1. The van der Waals surface area contributed by atoms with Gasteiger partial charge in [0.05, 0.1) is 16.6 Å². The van der Waals surface area contributed by atoms with Crippen molar-refractivity contribution in [2.75, 3.05) is 11.9 Å². The number of benzene rings is 1. The Morgan fingerprint density at radius 1 is 1.60 bits per heavy atom. The van der Waals surface area contributed by atoms with Gasteiger partial charge in [-0.3, -0.25) is 14.9 Å². The summed E-state index contributed by atoms with van der Waals surface area (Å²) in [7, 11) is 0. The lowest BCUT2D eigenvalue weighted by Crippen LogP contribution is -2.21. The second-order valence-electron chi connectivity index (χ2n) is 4.42. The SMILES string of the molecule is CC(CCCN)C(=O)Nc1ccc(C#N)cc1[N+](=O)[O-]. The molecular weight excluding hydrogens is 260 g/mol. The maximum absolute atomic E-state index is 11.9. The van der Waals surface area contributed by atoms with Gasteiger partial charge >= 0.3 is 0 Å². The maximum atomic E-state index is 11.9. The summed E-state index contributed by atoms with van der Waals surface area (Å²) in [5.41, 5.74) is 5.35. The zero-order chi connectivity index (χ0) is 15.1. The summed E-state index contributed by atoms with van der Waals surface area (Å²) in [6.45, 7) is 2.23. The van der Waals surface area contributed by atoms with Crippen LogP contribution in [0.3, 0.4) is 0 Å². The predicted octanol–water partition coefficient (Wildman–Crippen LogP) is 1.78. The van der Waals surface area contributed by atoms with Crippen LogP contribution in [0.15, 0.2) is 18.2 Å². The molecule has 106 valence electrons.